The highest BCUT2D eigenvalue weighted by molar-refractivity contribution is 5.17. The van der Waals surface area contributed by atoms with E-state index < -0.39 is 0 Å². The van der Waals surface area contributed by atoms with Crippen molar-refractivity contribution in [3.63, 3.8) is 0 Å². The Morgan fingerprint density at radius 3 is 1.84 bits per heavy atom. The maximum Gasteiger partial charge on any atom is 0.0134 e. The summed E-state index contributed by atoms with van der Waals surface area (Å²) >= 11 is 0. The Labute approximate surface area is 120 Å². The van der Waals surface area contributed by atoms with Gasteiger partial charge in [0.1, 0.15) is 0 Å². The summed E-state index contributed by atoms with van der Waals surface area (Å²) in [7, 11) is 0. The molecule has 2 saturated carbocycles. The third kappa shape index (κ3) is 2.60. The minimum Gasteiger partial charge on any atom is -0.314 e. The van der Waals surface area contributed by atoms with Crippen LogP contribution in [-0.2, 0) is 0 Å². The molecule has 0 spiro atoms. The maximum atomic E-state index is 3.86. The van der Waals surface area contributed by atoms with Gasteiger partial charge >= 0.3 is 0 Å². The first-order valence-corrected chi connectivity index (χ1v) is 8.59. The second-order valence-electron chi connectivity index (χ2n) is 8.19. The Morgan fingerprint density at radius 2 is 1.47 bits per heavy atom. The van der Waals surface area contributed by atoms with E-state index in [0.29, 0.717) is 10.8 Å². The van der Waals surface area contributed by atoms with Gasteiger partial charge < -0.3 is 5.32 Å². The van der Waals surface area contributed by atoms with Crippen LogP contribution in [0.2, 0.25) is 0 Å². The van der Waals surface area contributed by atoms with Crippen molar-refractivity contribution in [3.05, 3.63) is 0 Å². The van der Waals surface area contributed by atoms with E-state index in [2.05, 4.69) is 46.9 Å². The Bertz CT molecular complexity index is 283. The van der Waals surface area contributed by atoms with Crippen LogP contribution >= 0.6 is 0 Å². The summed E-state index contributed by atoms with van der Waals surface area (Å²) in [5, 5.41) is 3.86. The van der Waals surface area contributed by atoms with Crippen LogP contribution < -0.4 is 5.32 Å². The van der Waals surface area contributed by atoms with Crippen molar-refractivity contribution >= 4 is 0 Å². The van der Waals surface area contributed by atoms with Crippen LogP contribution in [0.4, 0.5) is 0 Å². The molecule has 2 rings (SSSR count). The van der Waals surface area contributed by atoms with Crippen molar-refractivity contribution < 1.29 is 0 Å². The Morgan fingerprint density at radius 1 is 0.947 bits per heavy atom. The Hall–Kier alpha value is -0.0400. The molecule has 112 valence electrons. The zero-order chi connectivity index (χ0) is 14.3. The van der Waals surface area contributed by atoms with E-state index >= 15 is 0 Å². The number of hydrogen-bond donors (Lipinski definition) is 1. The van der Waals surface area contributed by atoms with Crippen LogP contribution in [0.15, 0.2) is 0 Å². The van der Waals surface area contributed by atoms with Crippen molar-refractivity contribution in [2.24, 2.45) is 28.6 Å². The summed E-state index contributed by atoms with van der Waals surface area (Å²) in [6.45, 7) is 15.6. The summed E-state index contributed by atoms with van der Waals surface area (Å²) < 4.78 is 0. The van der Waals surface area contributed by atoms with Gasteiger partial charge in [0.2, 0.25) is 0 Å². The molecule has 0 aromatic carbocycles. The highest BCUT2D eigenvalue weighted by Crippen LogP contribution is 2.70. The van der Waals surface area contributed by atoms with E-state index in [1.54, 1.807) is 0 Å². The van der Waals surface area contributed by atoms with Crippen LogP contribution in [-0.4, -0.2) is 12.6 Å². The standard InChI is InChI=1S/C18H35N/c1-7-13-9-11-14(12-10-13)15(19-8-2)16-17(3,4)18(16,5)6/h13-16,19H,7-12H2,1-6H3. The lowest BCUT2D eigenvalue weighted by Gasteiger charge is -2.35. The van der Waals surface area contributed by atoms with Gasteiger partial charge in [0.25, 0.3) is 0 Å². The first kappa shape index (κ1) is 15.4. The van der Waals surface area contributed by atoms with Crippen molar-refractivity contribution in [2.45, 2.75) is 79.7 Å². The molecule has 19 heavy (non-hydrogen) atoms. The van der Waals surface area contributed by atoms with Gasteiger partial charge in [-0.3, -0.25) is 0 Å². The second-order valence-corrected chi connectivity index (χ2v) is 8.19. The van der Waals surface area contributed by atoms with Gasteiger partial charge in [0.05, 0.1) is 0 Å². The molecule has 0 radical (unpaired) electrons. The lowest BCUT2D eigenvalue weighted by atomic mass is 9.75. The van der Waals surface area contributed by atoms with Gasteiger partial charge in [-0.05, 0) is 48.0 Å². The summed E-state index contributed by atoms with van der Waals surface area (Å²) in [4.78, 5) is 0. The topological polar surface area (TPSA) is 12.0 Å². The molecule has 0 amide bonds. The molecular formula is C18H35N. The third-order valence-electron chi connectivity index (χ3n) is 6.91. The Kier molecular flexibility index (Phi) is 4.35. The van der Waals surface area contributed by atoms with E-state index in [0.717, 1.165) is 30.3 Å². The predicted molar refractivity (Wildman–Crippen MR) is 84.3 cm³/mol. The van der Waals surface area contributed by atoms with Crippen molar-refractivity contribution in [2.75, 3.05) is 6.54 Å². The van der Waals surface area contributed by atoms with Gasteiger partial charge in [0, 0.05) is 6.04 Å². The molecule has 0 bridgehead atoms. The van der Waals surface area contributed by atoms with Crippen LogP contribution in [0.5, 0.6) is 0 Å². The molecule has 0 aliphatic heterocycles. The molecule has 1 unspecified atom stereocenters. The minimum absolute atomic E-state index is 0.515. The zero-order valence-corrected chi connectivity index (χ0v) is 14.1. The van der Waals surface area contributed by atoms with Gasteiger partial charge in [-0.25, -0.2) is 0 Å². The summed E-state index contributed by atoms with van der Waals surface area (Å²) in [6, 6.07) is 0.757. The maximum absolute atomic E-state index is 3.86. The molecule has 1 nitrogen and oxygen atoms in total. The highest BCUT2D eigenvalue weighted by atomic mass is 15.0. The molecule has 0 aromatic heterocycles. The highest BCUT2D eigenvalue weighted by Gasteiger charge is 2.67. The van der Waals surface area contributed by atoms with Gasteiger partial charge in [-0.2, -0.15) is 0 Å². The van der Waals surface area contributed by atoms with Crippen LogP contribution in [0.25, 0.3) is 0 Å². The normalized spacial score (nSPS) is 35.1. The molecule has 2 aliphatic rings. The van der Waals surface area contributed by atoms with E-state index in [9.17, 15) is 0 Å². The van der Waals surface area contributed by atoms with E-state index in [1.807, 2.05) is 0 Å². The van der Waals surface area contributed by atoms with Crippen LogP contribution in [0, 0.1) is 28.6 Å². The van der Waals surface area contributed by atoms with Gasteiger partial charge in [0.15, 0.2) is 0 Å². The van der Waals surface area contributed by atoms with E-state index in [-0.39, 0.29) is 0 Å². The summed E-state index contributed by atoms with van der Waals surface area (Å²) in [5.74, 6) is 2.80. The predicted octanol–water partition coefficient (Wildman–Crippen LogP) is 4.86. The average molecular weight is 265 g/mol. The molecule has 0 heterocycles. The smallest absolute Gasteiger partial charge is 0.0134 e. The zero-order valence-electron chi connectivity index (χ0n) is 14.1. The lowest BCUT2D eigenvalue weighted by molar-refractivity contribution is 0.191. The van der Waals surface area contributed by atoms with Crippen molar-refractivity contribution in [3.8, 4) is 0 Å². The molecule has 0 aromatic rings. The SMILES string of the molecule is CCNC(C1CCC(CC)CC1)C1C(C)(C)C1(C)C. The van der Waals surface area contributed by atoms with E-state index in [4.69, 9.17) is 0 Å². The largest absolute Gasteiger partial charge is 0.314 e. The van der Waals surface area contributed by atoms with Gasteiger partial charge in [-0.15, -0.1) is 0 Å². The quantitative estimate of drug-likeness (QED) is 0.748. The first-order valence-electron chi connectivity index (χ1n) is 8.59. The number of hydrogen-bond acceptors (Lipinski definition) is 1. The van der Waals surface area contributed by atoms with Crippen LogP contribution in [0.1, 0.15) is 73.6 Å². The fourth-order valence-corrected chi connectivity index (χ4v) is 4.89. The van der Waals surface area contributed by atoms with Crippen molar-refractivity contribution in [1.29, 1.82) is 0 Å². The fraction of sp³-hybridized carbons (Fsp3) is 1.00. The second kappa shape index (κ2) is 5.39. The first-order chi connectivity index (χ1) is 8.86. The van der Waals surface area contributed by atoms with Crippen LogP contribution in [0.3, 0.4) is 0 Å². The summed E-state index contributed by atoms with van der Waals surface area (Å²) in [5.41, 5.74) is 1.03. The summed E-state index contributed by atoms with van der Waals surface area (Å²) in [6.07, 6.45) is 7.24. The molecule has 0 saturated heterocycles. The van der Waals surface area contributed by atoms with E-state index in [1.165, 1.54) is 32.1 Å². The number of rotatable bonds is 5. The lowest BCUT2D eigenvalue weighted by Crippen LogP contribution is -2.41. The average Bonchev–Trinajstić information content (AvgIpc) is 2.78. The molecule has 1 N–H and O–H groups in total. The van der Waals surface area contributed by atoms with Gasteiger partial charge in [-0.1, -0.05) is 60.8 Å². The third-order valence-corrected chi connectivity index (χ3v) is 6.91. The van der Waals surface area contributed by atoms with Crippen molar-refractivity contribution in [1.82, 2.24) is 5.32 Å². The fourth-order valence-electron chi connectivity index (χ4n) is 4.89. The number of nitrogens with one attached hydrogen (secondary N) is 1. The minimum atomic E-state index is 0.515. The molecule has 2 aliphatic carbocycles. The molecule has 1 atom stereocenters. The Balaban J connectivity index is 2.02. The molecule has 1 heteroatoms. The molecule has 2 fully saturated rings. The monoisotopic (exact) mass is 265 g/mol. The molecular weight excluding hydrogens is 230 g/mol.